The number of piperidine rings is 1. The molecule has 120 valence electrons. The molecule has 1 aliphatic rings. The quantitative estimate of drug-likeness (QED) is 0.877. The van der Waals surface area contributed by atoms with Gasteiger partial charge in [-0.15, -0.1) is 5.10 Å². The highest BCUT2D eigenvalue weighted by molar-refractivity contribution is 5.92. The van der Waals surface area contributed by atoms with Crippen LogP contribution >= 0.6 is 0 Å². The molecule has 6 heteroatoms. The van der Waals surface area contributed by atoms with E-state index in [0.29, 0.717) is 12.2 Å². The van der Waals surface area contributed by atoms with E-state index in [1.807, 2.05) is 42.5 Å². The second-order valence-corrected chi connectivity index (χ2v) is 5.66. The molecule has 1 aliphatic heterocycles. The molecule has 0 unspecified atom stereocenters. The number of allylic oxidation sites excluding steroid dienone is 1. The number of aromatic nitrogens is 3. The van der Waals surface area contributed by atoms with Crippen LogP contribution in [0.25, 0.3) is 6.08 Å². The van der Waals surface area contributed by atoms with Crippen LogP contribution in [0.2, 0.25) is 0 Å². The summed E-state index contributed by atoms with van der Waals surface area (Å²) in [6.07, 6.45) is 7.79. The zero-order valence-corrected chi connectivity index (χ0v) is 13.0. The lowest BCUT2D eigenvalue weighted by atomic mass is 10.1. The third-order valence-corrected chi connectivity index (χ3v) is 3.81. The fourth-order valence-electron chi connectivity index (χ4n) is 2.59. The Bertz CT molecular complexity index is 659. The Hall–Kier alpha value is -2.47. The third-order valence-electron chi connectivity index (χ3n) is 3.81. The van der Waals surface area contributed by atoms with E-state index in [2.05, 4.69) is 20.9 Å². The fourth-order valence-corrected chi connectivity index (χ4v) is 2.59. The number of amides is 1. The Kier molecular flexibility index (Phi) is 5.16. The van der Waals surface area contributed by atoms with Gasteiger partial charge in [0.2, 0.25) is 0 Å². The minimum absolute atomic E-state index is 0.156. The van der Waals surface area contributed by atoms with E-state index in [0.717, 1.165) is 31.5 Å². The number of nitrogens with one attached hydrogen (secondary N) is 2. The van der Waals surface area contributed by atoms with Crippen LogP contribution in [0.3, 0.4) is 0 Å². The van der Waals surface area contributed by atoms with Gasteiger partial charge in [0.25, 0.3) is 5.91 Å². The first-order valence-corrected chi connectivity index (χ1v) is 7.94. The number of rotatable bonds is 5. The zero-order chi connectivity index (χ0) is 15.9. The van der Waals surface area contributed by atoms with Crippen LogP contribution in [0.1, 0.15) is 28.9 Å². The predicted molar refractivity (Wildman–Crippen MR) is 88.9 cm³/mol. The zero-order valence-electron chi connectivity index (χ0n) is 13.0. The van der Waals surface area contributed by atoms with Crippen molar-refractivity contribution >= 4 is 12.0 Å². The molecule has 2 aromatic rings. The van der Waals surface area contributed by atoms with Crippen LogP contribution in [0, 0.1) is 0 Å². The molecule has 0 radical (unpaired) electrons. The minimum Gasteiger partial charge on any atom is -0.347 e. The van der Waals surface area contributed by atoms with E-state index < -0.39 is 0 Å². The van der Waals surface area contributed by atoms with Gasteiger partial charge in [0, 0.05) is 12.6 Å². The number of carbonyl (C=O) groups excluding carboxylic acids is 1. The maximum absolute atomic E-state index is 12.1. The molecule has 1 amide bonds. The lowest BCUT2D eigenvalue weighted by molar-refractivity contribution is 0.0925. The molecule has 6 nitrogen and oxygen atoms in total. The maximum Gasteiger partial charge on any atom is 0.273 e. The Balaban J connectivity index is 1.53. The van der Waals surface area contributed by atoms with Gasteiger partial charge >= 0.3 is 0 Å². The summed E-state index contributed by atoms with van der Waals surface area (Å²) >= 11 is 0. The monoisotopic (exact) mass is 311 g/mol. The van der Waals surface area contributed by atoms with Crippen LogP contribution in [0.5, 0.6) is 0 Å². The summed E-state index contributed by atoms with van der Waals surface area (Å²) in [6.45, 7) is 2.43. The molecule has 0 spiro atoms. The van der Waals surface area contributed by atoms with Crippen molar-refractivity contribution in [3.05, 3.63) is 53.9 Å². The predicted octanol–water partition coefficient (Wildman–Crippen LogP) is 1.47. The maximum atomic E-state index is 12.1. The Morgan fingerprint density at radius 3 is 3.04 bits per heavy atom. The van der Waals surface area contributed by atoms with Crippen LogP contribution in [-0.2, 0) is 6.54 Å². The molecule has 23 heavy (non-hydrogen) atoms. The second-order valence-electron chi connectivity index (χ2n) is 5.66. The lowest BCUT2D eigenvalue weighted by Gasteiger charge is -2.23. The van der Waals surface area contributed by atoms with E-state index in [1.165, 1.54) is 0 Å². The topological polar surface area (TPSA) is 71.8 Å². The molecule has 2 N–H and O–H groups in total. The van der Waals surface area contributed by atoms with Crippen LogP contribution < -0.4 is 10.6 Å². The highest BCUT2D eigenvalue weighted by atomic mass is 16.2. The normalized spacial score (nSPS) is 18.2. The smallest absolute Gasteiger partial charge is 0.273 e. The first-order valence-electron chi connectivity index (χ1n) is 7.94. The van der Waals surface area contributed by atoms with Gasteiger partial charge in [-0.3, -0.25) is 4.79 Å². The first kappa shape index (κ1) is 15.4. The number of benzene rings is 1. The Labute approximate surface area is 135 Å². The Morgan fingerprint density at radius 2 is 2.26 bits per heavy atom. The summed E-state index contributed by atoms with van der Waals surface area (Å²) in [5.74, 6) is -0.156. The van der Waals surface area contributed by atoms with Crippen molar-refractivity contribution in [2.24, 2.45) is 0 Å². The van der Waals surface area contributed by atoms with Gasteiger partial charge < -0.3 is 10.6 Å². The molecule has 0 bridgehead atoms. The number of nitrogens with zero attached hydrogens (tertiary/aromatic N) is 3. The van der Waals surface area contributed by atoms with Crippen LogP contribution in [0.4, 0.5) is 0 Å². The molecule has 1 aromatic carbocycles. The average molecular weight is 311 g/mol. The molecule has 1 aromatic heterocycles. The summed E-state index contributed by atoms with van der Waals surface area (Å²) in [4.78, 5) is 12.1. The van der Waals surface area contributed by atoms with E-state index in [4.69, 9.17) is 0 Å². The van der Waals surface area contributed by atoms with Gasteiger partial charge in [0.1, 0.15) is 0 Å². The van der Waals surface area contributed by atoms with Crippen molar-refractivity contribution in [2.45, 2.75) is 25.4 Å². The SMILES string of the molecule is O=C(N[C@H]1CCCNC1)c1cn(C/C=C/c2ccccc2)nn1. The highest BCUT2D eigenvalue weighted by Gasteiger charge is 2.18. The van der Waals surface area contributed by atoms with Gasteiger partial charge in [0.15, 0.2) is 5.69 Å². The van der Waals surface area contributed by atoms with Gasteiger partial charge in [-0.05, 0) is 24.9 Å². The summed E-state index contributed by atoms with van der Waals surface area (Å²) in [5, 5.41) is 14.2. The highest BCUT2D eigenvalue weighted by Crippen LogP contribution is 2.04. The van der Waals surface area contributed by atoms with Gasteiger partial charge in [-0.2, -0.15) is 0 Å². The van der Waals surface area contributed by atoms with E-state index in [1.54, 1.807) is 10.9 Å². The number of hydrogen-bond acceptors (Lipinski definition) is 4. The molecule has 1 fully saturated rings. The molecular formula is C17H21N5O. The van der Waals surface area contributed by atoms with Crippen molar-refractivity contribution in [3.8, 4) is 0 Å². The summed E-state index contributed by atoms with van der Waals surface area (Å²) in [6, 6.07) is 10.2. The molecule has 1 saturated heterocycles. The van der Waals surface area contributed by atoms with Crippen molar-refractivity contribution < 1.29 is 4.79 Å². The largest absolute Gasteiger partial charge is 0.347 e. The van der Waals surface area contributed by atoms with Crippen molar-refractivity contribution in [1.29, 1.82) is 0 Å². The van der Waals surface area contributed by atoms with Crippen LogP contribution in [0.15, 0.2) is 42.6 Å². The van der Waals surface area contributed by atoms with E-state index >= 15 is 0 Å². The van der Waals surface area contributed by atoms with E-state index in [9.17, 15) is 4.79 Å². The van der Waals surface area contributed by atoms with Gasteiger partial charge in [-0.1, -0.05) is 47.7 Å². The molecular weight excluding hydrogens is 290 g/mol. The standard InChI is InChI=1S/C17H21N5O/c23-17(19-15-9-4-10-18-12-15)16-13-22(21-20-16)11-5-8-14-6-2-1-3-7-14/h1-3,5-8,13,15,18H,4,9-12H2,(H,19,23)/b8-5+/t15-/m0/s1. The number of carbonyl (C=O) groups is 1. The van der Waals surface area contributed by atoms with Crippen molar-refractivity contribution in [3.63, 3.8) is 0 Å². The van der Waals surface area contributed by atoms with Crippen LogP contribution in [-0.4, -0.2) is 40.0 Å². The van der Waals surface area contributed by atoms with Crippen molar-refractivity contribution in [1.82, 2.24) is 25.6 Å². The fraction of sp³-hybridized carbons (Fsp3) is 0.353. The summed E-state index contributed by atoms with van der Waals surface area (Å²) in [7, 11) is 0. The van der Waals surface area contributed by atoms with E-state index in [-0.39, 0.29) is 11.9 Å². The molecule has 2 heterocycles. The third kappa shape index (κ3) is 4.50. The molecule has 3 rings (SSSR count). The molecule has 1 atom stereocenters. The average Bonchev–Trinajstić information content (AvgIpc) is 3.06. The molecule has 0 aliphatic carbocycles. The second kappa shape index (κ2) is 7.69. The molecule has 0 saturated carbocycles. The first-order chi connectivity index (χ1) is 11.3. The summed E-state index contributed by atoms with van der Waals surface area (Å²) in [5.41, 5.74) is 1.50. The Morgan fingerprint density at radius 1 is 1.39 bits per heavy atom. The lowest BCUT2D eigenvalue weighted by Crippen LogP contribution is -2.45. The van der Waals surface area contributed by atoms with Gasteiger partial charge in [0.05, 0.1) is 12.7 Å². The van der Waals surface area contributed by atoms with Crippen molar-refractivity contribution in [2.75, 3.05) is 13.1 Å². The number of hydrogen-bond donors (Lipinski definition) is 2. The van der Waals surface area contributed by atoms with Gasteiger partial charge in [-0.25, -0.2) is 4.68 Å². The summed E-state index contributed by atoms with van der Waals surface area (Å²) < 4.78 is 1.66. The minimum atomic E-state index is -0.156.